The van der Waals surface area contributed by atoms with Crippen LogP contribution in [-0.2, 0) is 12.8 Å². The molecule has 6 bridgehead atoms. The van der Waals surface area contributed by atoms with E-state index in [0.717, 1.165) is 24.2 Å². The lowest BCUT2D eigenvalue weighted by molar-refractivity contribution is 0.951. The third-order valence-corrected chi connectivity index (χ3v) is 3.96. The molecular formula is C17H14ClN5. The second-order valence-electron chi connectivity index (χ2n) is 5.42. The molecule has 0 unspecified atom stereocenters. The van der Waals surface area contributed by atoms with Crippen LogP contribution in [-0.4, -0.2) is 15.0 Å². The van der Waals surface area contributed by atoms with Crippen LogP contribution in [0.5, 0.6) is 0 Å². The molecule has 5 nitrogen and oxygen atoms in total. The van der Waals surface area contributed by atoms with Gasteiger partial charge in [0, 0.05) is 11.9 Å². The van der Waals surface area contributed by atoms with Gasteiger partial charge in [-0.05, 0) is 42.2 Å². The molecule has 23 heavy (non-hydrogen) atoms. The summed E-state index contributed by atoms with van der Waals surface area (Å²) in [6.07, 6.45) is 7.10. The van der Waals surface area contributed by atoms with E-state index in [1.807, 2.05) is 18.3 Å². The lowest BCUT2D eigenvalue weighted by Gasteiger charge is -2.10. The molecule has 114 valence electrons. The summed E-state index contributed by atoms with van der Waals surface area (Å²) in [4.78, 5) is 13.0. The molecule has 0 atom stereocenters. The molecule has 1 aliphatic rings. The molecule has 0 radical (unpaired) electrons. The molecule has 0 saturated carbocycles. The standard InChI is InChI=1S/C17H14ClN5/c18-15-10-20-17-22-14-7-12(8-19-9-14)5-4-11-2-1-3-13(6-11)21-16(15)23-17/h1-3,6-10H,4-5H2,(H2,20,21,22,23). The molecule has 4 rings (SSSR count). The third kappa shape index (κ3) is 3.10. The Bertz CT molecular complexity index is 865. The van der Waals surface area contributed by atoms with Crippen molar-refractivity contribution >= 4 is 34.7 Å². The van der Waals surface area contributed by atoms with Crippen LogP contribution < -0.4 is 10.6 Å². The first-order valence-electron chi connectivity index (χ1n) is 7.36. The first-order valence-corrected chi connectivity index (χ1v) is 7.73. The van der Waals surface area contributed by atoms with Gasteiger partial charge in [-0.25, -0.2) is 4.98 Å². The number of halogens is 1. The second-order valence-corrected chi connectivity index (χ2v) is 5.83. The van der Waals surface area contributed by atoms with Gasteiger partial charge in [0.05, 0.1) is 18.1 Å². The highest BCUT2D eigenvalue weighted by molar-refractivity contribution is 6.32. The number of benzene rings is 1. The smallest absolute Gasteiger partial charge is 0.229 e. The van der Waals surface area contributed by atoms with E-state index in [4.69, 9.17) is 11.6 Å². The van der Waals surface area contributed by atoms with Crippen LogP contribution in [0.1, 0.15) is 11.1 Å². The van der Waals surface area contributed by atoms with E-state index in [0.29, 0.717) is 16.8 Å². The van der Waals surface area contributed by atoms with Crippen LogP contribution in [0.15, 0.2) is 48.9 Å². The molecule has 6 heteroatoms. The molecule has 1 aromatic carbocycles. The number of aryl methyl sites for hydroxylation is 2. The normalized spacial score (nSPS) is 12.9. The van der Waals surface area contributed by atoms with Gasteiger partial charge in [0.2, 0.25) is 5.95 Å². The number of hydrogen-bond acceptors (Lipinski definition) is 5. The zero-order chi connectivity index (χ0) is 15.6. The van der Waals surface area contributed by atoms with Gasteiger partial charge in [-0.3, -0.25) is 4.98 Å². The van der Waals surface area contributed by atoms with Crippen molar-refractivity contribution in [1.82, 2.24) is 15.0 Å². The van der Waals surface area contributed by atoms with E-state index in [1.54, 1.807) is 12.4 Å². The maximum absolute atomic E-state index is 6.21. The number of nitrogens with one attached hydrogen (secondary N) is 2. The van der Waals surface area contributed by atoms with Gasteiger partial charge >= 0.3 is 0 Å². The van der Waals surface area contributed by atoms with E-state index < -0.39 is 0 Å². The van der Waals surface area contributed by atoms with E-state index in [1.165, 1.54) is 11.1 Å². The van der Waals surface area contributed by atoms with E-state index in [2.05, 4.69) is 43.8 Å². The maximum Gasteiger partial charge on any atom is 0.229 e. The number of aromatic nitrogens is 3. The zero-order valence-corrected chi connectivity index (χ0v) is 13.0. The van der Waals surface area contributed by atoms with Crippen molar-refractivity contribution < 1.29 is 0 Å². The zero-order valence-electron chi connectivity index (χ0n) is 12.3. The van der Waals surface area contributed by atoms with Crippen LogP contribution in [0.4, 0.5) is 23.1 Å². The topological polar surface area (TPSA) is 62.7 Å². The number of rotatable bonds is 0. The summed E-state index contributed by atoms with van der Waals surface area (Å²) in [6.45, 7) is 0. The average molecular weight is 324 g/mol. The Morgan fingerprint density at radius 1 is 0.913 bits per heavy atom. The first-order chi connectivity index (χ1) is 11.3. The predicted molar refractivity (Wildman–Crippen MR) is 91.7 cm³/mol. The van der Waals surface area contributed by atoms with Crippen molar-refractivity contribution in [3.8, 4) is 0 Å². The van der Waals surface area contributed by atoms with Gasteiger partial charge in [-0.15, -0.1) is 0 Å². The summed E-state index contributed by atoms with van der Waals surface area (Å²) < 4.78 is 0. The van der Waals surface area contributed by atoms with Gasteiger partial charge in [-0.1, -0.05) is 23.7 Å². The van der Waals surface area contributed by atoms with Crippen LogP contribution in [0, 0.1) is 0 Å². The molecule has 0 spiro atoms. The van der Waals surface area contributed by atoms with Gasteiger partial charge in [0.1, 0.15) is 5.02 Å². The third-order valence-electron chi connectivity index (χ3n) is 3.69. The molecule has 3 heterocycles. The number of nitrogens with zero attached hydrogens (tertiary/aromatic N) is 3. The number of fused-ring (bicyclic) bond motifs is 6. The fourth-order valence-electron chi connectivity index (χ4n) is 2.57. The van der Waals surface area contributed by atoms with Crippen molar-refractivity contribution in [2.24, 2.45) is 0 Å². The van der Waals surface area contributed by atoms with Crippen LogP contribution >= 0.6 is 11.6 Å². The molecule has 0 amide bonds. The Hall–Kier alpha value is -2.66. The van der Waals surface area contributed by atoms with E-state index >= 15 is 0 Å². The molecule has 2 aromatic heterocycles. The maximum atomic E-state index is 6.21. The number of anilines is 4. The molecule has 1 aliphatic heterocycles. The SMILES string of the molecule is Clc1cnc2nc1Nc1cccc(c1)CCc1cncc(c1)N2. The Labute approximate surface area is 138 Å². The summed E-state index contributed by atoms with van der Waals surface area (Å²) >= 11 is 6.21. The fraction of sp³-hybridized carbons (Fsp3) is 0.118. The minimum atomic E-state index is 0.475. The summed E-state index contributed by atoms with van der Waals surface area (Å²) in [6, 6.07) is 10.3. The number of pyridine rings is 1. The fourth-order valence-corrected chi connectivity index (χ4v) is 2.71. The summed E-state index contributed by atoms with van der Waals surface area (Å²) in [5.41, 5.74) is 4.24. The van der Waals surface area contributed by atoms with Crippen LogP contribution in [0.2, 0.25) is 5.02 Å². The summed E-state index contributed by atoms with van der Waals surface area (Å²) in [5, 5.41) is 6.91. The molecule has 0 fully saturated rings. The van der Waals surface area contributed by atoms with Crippen molar-refractivity contribution in [2.45, 2.75) is 12.8 Å². The summed E-state index contributed by atoms with van der Waals surface area (Å²) in [7, 11) is 0. The molecular weight excluding hydrogens is 310 g/mol. The summed E-state index contributed by atoms with van der Waals surface area (Å²) in [5.74, 6) is 1.05. The van der Waals surface area contributed by atoms with Crippen molar-refractivity contribution in [1.29, 1.82) is 0 Å². The predicted octanol–water partition coefficient (Wildman–Crippen LogP) is 4.11. The lowest BCUT2D eigenvalue weighted by atomic mass is 10.0. The second kappa shape index (κ2) is 5.85. The van der Waals surface area contributed by atoms with Gasteiger partial charge in [-0.2, -0.15) is 4.98 Å². The lowest BCUT2D eigenvalue weighted by Crippen LogP contribution is -2.01. The Balaban J connectivity index is 1.83. The Kier molecular flexibility index (Phi) is 3.55. The Morgan fingerprint density at radius 3 is 2.74 bits per heavy atom. The highest BCUT2D eigenvalue weighted by atomic mass is 35.5. The molecule has 0 aliphatic carbocycles. The largest absolute Gasteiger partial charge is 0.339 e. The minimum absolute atomic E-state index is 0.475. The molecule has 3 aromatic rings. The Morgan fingerprint density at radius 2 is 1.78 bits per heavy atom. The molecule has 2 N–H and O–H groups in total. The molecule has 0 saturated heterocycles. The first kappa shape index (κ1) is 14.0. The van der Waals surface area contributed by atoms with Crippen molar-refractivity contribution in [3.63, 3.8) is 0 Å². The van der Waals surface area contributed by atoms with Crippen molar-refractivity contribution in [2.75, 3.05) is 10.6 Å². The van der Waals surface area contributed by atoms with Gasteiger partial charge in [0.25, 0.3) is 0 Å². The average Bonchev–Trinajstić information content (AvgIpc) is 2.57. The van der Waals surface area contributed by atoms with Crippen LogP contribution in [0.3, 0.4) is 0 Å². The highest BCUT2D eigenvalue weighted by Gasteiger charge is 2.09. The van der Waals surface area contributed by atoms with Gasteiger partial charge in [0.15, 0.2) is 5.82 Å². The van der Waals surface area contributed by atoms with Gasteiger partial charge < -0.3 is 10.6 Å². The highest BCUT2D eigenvalue weighted by Crippen LogP contribution is 2.26. The quantitative estimate of drug-likeness (QED) is 0.652. The van der Waals surface area contributed by atoms with Crippen LogP contribution in [0.25, 0.3) is 0 Å². The number of hydrogen-bond donors (Lipinski definition) is 2. The monoisotopic (exact) mass is 323 g/mol. The minimum Gasteiger partial charge on any atom is -0.339 e. The van der Waals surface area contributed by atoms with E-state index in [-0.39, 0.29) is 0 Å². The van der Waals surface area contributed by atoms with E-state index in [9.17, 15) is 0 Å². The van der Waals surface area contributed by atoms with Crippen molar-refractivity contribution in [3.05, 3.63) is 65.1 Å².